The Labute approximate surface area is 131 Å². The Balaban J connectivity index is 1.78. The number of nitrogen functional groups attached to an aromatic ring is 1. The third-order valence-electron chi connectivity index (χ3n) is 3.91. The van der Waals surface area contributed by atoms with E-state index in [0.29, 0.717) is 23.7 Å². The molecule has 3 rings (SSSR count). The van der Waals surface area contributed by atoms with Gasteiger partial charge in [-0.15, -0.1) is 0 Å². The van der Waals surface area contributed by atoms with Crippen molar-refractivity contribution in [2.24, 2.45) is 0 Å². The zero-order valence-corrected chi connectivity index (χ0v) is 13.1. The van der Waals surface area contributed by atoms with Crippen LogP contribution in [0, 0.1) is 0 Å². The van der Waals surface area contributed by atoms with Crippen molar-refractivity contribution in [2.75, 3.05) is 18.8 Å². The van der Waals surface area contributed by atoms with Crippen LogP contribution in [0.25, 0.3) is 0 Å². The van der Waals surface area contributed by atoms with Crippen LogP contribution in [0.15, 0.2) is 34.9 Å². The second-order valence-electron chi connectivity index (χ2n) is 5.33. The first kappa shape index (κ1) is 14.1. The lowest BCUT2D eigenvalue weighted by atomic mass is 9.94. The van der Waals surface area contributed by atoms with Gasteiger partial charge >= 0.3 is 0 Å². The van der Waals surface area contributed by atoms with E-state index in [1.807, 2.05) is 17.0 Å². The fourth-order valence-corrected chi connectivity index (χ4v) is 3.19. The number of nitrogens with one attached hydrogen (secondary N) is 1. The Morgan fingerprint density at radius 1 is 1.43 bits per heavy atom. The number of carbonyl (C=O) groups excluding carboxylic acids is 1. The van der Waals surface area contributed by atoms with Gasteiger partial charge in [0.1, 0.15) is 0 Å². The van der Waals surface area contributed by atoms with Crippen molar-refractivity contribution < 1.29 is 4.79 Å². The number of benzene rings is 1. The van der Waals surface area contributed by atoms with Crippen LogP contribution in [-0.4, -0.2) is 34.1 Å². The fourth-order valence-electron chi connectivity index (χ4n) is 2.81. The van der Waals surface area contributed by atoms with E-state index in [-0.39, 0.29) is 5.91 Å². The predicted molar refractivity (Wildman–Crippen MR) is 85.0 cm³/mol. The van der Waals surface area contributed by atoms with E-state index < -0.39 is 0 Å². The molecular weight excluding hydrogens is 332 g/mol. The van der Waals surface area contributed by atoms with E-state index in [1.165, 1.54) is 0 Å². The summed E-state index contributed by atoms with van der Waals surface area (Å²) in [6, 6.07) is 7.37. The Bertz CT molecular complexity index is 641. The minimum atomic E-state index is 0.00390. The smallest absolute Gasteiger partial charge is 0.255 e. The highest BCUT2D eigenvalue weighted by atomic mass is 79.9. The fraction of sp³-hybridized carbons (Fsp3) is 0.333. The molecule has 6 heteroatoms. The molecule has 0 spiro atoms. The number of nitrogens with two attached hydrogens (primary N) is 1. The molecule has 2 heterocycles. The topological polar surface area (TPSA) is 75.0 Å². The van der Waals surface area contributed by atoms with Crippen LogP contribution in [0.5, 0.6) is 0 Å². The molecule has 1 unspecified atom stereocenters. The van der Waals surface area contributed by atoms with Crippen LogP contribution in [0.1, 0.15) is 34.8 Å². The summed E-state index contributed by atoms with van der Waals surface area (Å²) in [4.78, 5) is 14.5. The summed E-state index contributed by atoms with van der Waals surface area (Å²) in [6.07, 6.45) is 3.82. The van der Waals surface area contributed by atoms with Crippen molar-refractivity contribution in [1.82, 2.24) is 15.1 Å². The maximum absolute atomic E-state index is 12.7. The van der Waals surface area contributed by atoms with Gasteiger partial charge in [-0.2, -0.15) is 5.10 Å². The second kappa shape index (κ2) is 5.89. The minimum Gasteiger partial charge on any atom is -0.398 e. The van der Waals surface area contributed by atoms with Crippen molar-refractivity contribution in [3.63, 3.8) is 0 Å². The average Bonchev–Trinajstić information content (AvgIpc) is 3.01. The van der Waals surface area contributed by atoms with E-state index >= 15 is 0 Å². The molecule has 1 amide bonds. The molecule has 0 bridgehead atoms. The molecule has 2 aromatic rings. The third-order valence-corrected chi connectivity index (χ3v) is 4.41. The zero-order valence-electron chi connectivity index (χ0n) is 11.6. The number of aromatic amines is 1. The average molecular weight is 349 g/mol. The number of rotatable bonds is 2. The van der Waals surface area contributed by atoms with E-state index in [4.69, 9.17) is 5.73 Å². The summed E-state index contributed by atoms with van der Waals surface area (Å²) in [6.45, 7) is 1.48. The van der Waals surface area contributed by atoms with E-state index in [2.05, 4.69) is 26.1 Å². The number of likely N-dealkylation sites (tertiary alicyclic amines) is 1. The minimum absolute atomic E-state index is 0.00390. The highest BCUT2D eigenvalue weighted by Crippen LogP contribution is 2.27. The summed E-state index contributed by atoms with van der Waals surface area (Å²) < 4.78 is 0.880. The van der Waals surface area contributed by atoms with Gasteiger partial charge in [-0.3, -0.25) is 9.89 Å². The molecule has 1 aromatic carbocycles. The van der Waals surface area contributed by atoms with Crippen LogP contribution >= 0.6 is 15.9 Å². The molecule has 0 aliphatic carbocycles. The van der Waals surface area contributed by atoms with Crippen LogP contribution in [0.3, 0.4) is 0 Å². The van der Waals surface area contributed by atoms with Crippen molar-refractivity contribution in [3.05, 3.63) is 46.2 Å². The quantitative estimate of drug-likeness (QED) is 0.819. The normalized spacial score (nSPS) is 18.7. The van der Waals surface area contributed by atoms with Gasteiger partial charge in [-0.05, 0) is 37.1 Å². The molecule has 21 heavy (non-hydrogen) atoms. The maximum Gasteiger partial charge on any atom is 0.255 e. The van der Waals surface area contributed by atoms with Crippen molar-refractivity contribution in [2.45, 2.75) is 18.8 Å². The molecule has 0 radical (unpaired) electrons. The molecule has 1 aromatic heterocycles. The summed E-state index contributed by atoms with van der Waals surface area (Å²) in [5.41, 5.74) is 8.14. The van der Waals surface area contributed by atoms with Crippen LogP contribution in [0.2, 0.25) is 0 Å². The molecule has 110 valence electrons. The molecular formula is C15H17BrN4O. The van der Waals surface area contributed by atoms with E-state index in [0.717, 1.165) is 29.6 Å². The summed E-state index contributed by atoms with van der Waals surface area (Å²) in [5.74, 6) is 0.325. The summed E-state index contributed by atoms with van der Waals surface area (Å²) >= 11 is 3.36. The maximum atomic E-state index is 12.7. The van der Waals surface area contributed by atoms with Crippen LogP contribution in [0.4, 0.5) is 5.69 Å². The first-order valence-electron chi connectivity index (χ1n) is 6.98. The number of halogens is 1. The largest absolute Gasteiger partial charge is 0.398 e. The van der Waals surface area contributed by atoms with E-state index in [9.17, 15) is 4.79 Å². The monoisotopic (exact) mass is 348 g/mol. The number of anilines is 1. The molecule has 1 saturated heterocycles. The van der Waals surface area contributed by atoms with Gasteiger partial charge in [0.15, 0.2) is 0 Å². The van der Waals surface area contributed by atoms with Crippen molar-refractivity contribution >= 4 is 27.5 Å². The second-order valence-corrected chi connectivity index (χ2v) is 6.25. The van der Waals surface area contributed by atoms with Gasteiger partial charge in [0.05, 0.1) is 5.56 Å². The van der Waals surface area contributed by atoms with Crippen LogP contribution in [-0.2, 0) is 0 Å². The summed E-state index contributed by atoms with van der Waals surface area (Å²) in [7, 11) is 0. The number of hydrogen-bond donors (Lipinski definition) is 2. The SMILES string of the molecule is Nc1cc(Br)ccc1C(=O)N1CCCC(c2ccn[nH]2)C1. The molecule has 1 atom stereocenters. The zero-order chi connectivity index (χ0) is 14.8. The third kappa shape index (κ3) is 2.95. The van der Waals surface area contributed by atoms with Gasteiger partial charge in [0.25, 0.3) is 5.91 Å². The molecule has 1 aliphatic heterocycles. The lowest BCUT2D eigenvalue weighted by Gasteiger charge is -2.32. The molecule has 3 N–H and O–H groups in total. The number of H-pyrrole nitrogens is 1. The predicted octanol–water partition coefficient (Wildman–Crippen LogP) is 2.77. The molecule has 1 aliphatic rings. The number of aromatic nitrogens is 2. The lowest BCUT2D eigenvalue weighted by Crippen LogP contribution is -2.39. The number of amides is 1. The molecule has 1 fully saturated rings. The standard InChI is InChI=1S/C15H17BrN4O/c16-11-3-4-12(13(17)8-11)15(21)20-7-1-2-10(9-20)14-5-6-18-19-14/h3-6,8,10H,1-2,7,9,17H2,(H,18,19). The first-order valence-corrected chi connectivity index (χ1v) is 7.78. The Morgan fingerprint density at radius 2 is 2.29 bits per heavy atom. The lowest BCUT2D eigenvalue weighted by molar-refractivity contribution is 0.0707. The van der Waals surface area contributed by atoms with Gasteiger partial charge in [-0.25, -0.2) is 0 Å². The van der Waals surface area contributed by atoms with Gasteiger partial charge in [0.2, 0.25) is 0 Å². The number of hydrogen-bond acceptors (Lipinski definition) is 3. The van der Waals surface area contributed by atoms with Gasteiger partial charge in [0, 0.05) is 41.1 Å². The van der Waals surface area contributed by atoms with Gasteiger partial charge in [-0.1, -0.05) is 15.9 Å². The number of carbonyl (C=O) groups is 1. The van der Waals surface area contributed by atoms with Crippen LogP contribution < -0.4 is 5.73 Å². The van der Waals surface area contributed by atoms with Gasteiger partial charge < -0.3 is 10.6 Å². The van der Waals surface area contributed by atoms with Crippen molar-refractivity contribution in [1.29, 1.82) is 0 Å². The Morgan fingerprint density at radius 3 is 3.00 bits per heavy atom. The van der Waals surface area contributed by atoms with Crippen molar-refractivity contribution in [3.8, 4) is 0 Å². The Hall–Kier alpha value is -1.82. The first-order chi connectivity index (χ1) is 10.1. The molecule has 0 saturated carbocycles. The summed E-state index contributed by atoms with van der Waals surface area (Å²) in [5, 5.41) is 7.00. The number of piperidine rings is 1. The highest BCUT2D eigenvalue weighted by Gasteiger charge is 2.27. The Kier molecular flexibility index (Phi) is 3.96. The molecule has 5 nitrogen and oxygen atoms in total. The van der Waals surface area contributed by atoms with E-state index in [1.54, 1.807) is 18.3 Å². The highest BCUT2D eigenvalue weighted by molar-refractivity contribution is 9.10. The number of nitrogens with zero attached hydrogens (tertiary/aromatic N) is 2.